The Morgan fingerprint density at radius 3 is 1.82 bits per heavy atom. The average molecular weight is 548 g/mol. The van der Waals surface area contributed by atoms with Crippen LogP contribution in [-0.2, 0) is 26.7 Å². The van der Waals surface area contributed by atoms with Crippen molar-refractivity contribution in [3.05, 3.63) is 57.5 Å². The van der Waals surface area contributed by atoms with Crippen LogP contribution in [0.15, 0.2) is 67.3 Å². The molecule has 4 rings (SSSR count). The summed E-state index contributed by atoms with van der Waals surface area (Å²) in [4.78, 5) is 1.57. The van der Waals surface area contributed by atoms with Gasteiger partial charge in [0.2, 0.25) is 0 Å². The smallest absolute Gasteiger partial charge is 0.135 e. The summed E-state index contributed by atoms with van der Waals surface area (Å²) >= 11 is 6.83. The molecule has 0 aromatic heterocycles. The van der Waals surface area contributed by atoms with Crippen LogP contribution in [0.1, 0.15) is 12.8 Å². The van der Waals surface area contributed by atoms with Crippen molar-refractivity contribution in [3.63, 3.8) is 0 Å². The number of ether oxygens (including phenoxy) is 1. The van der Waals surface area contributed by atoms with Gasteiger partial charge in [-0.05, 0) is 48.5 Å². The summed E-state index contributed by atoms with van der Waals surface area (Å²) in [5.41, 5.74) is -0.543. The molecule has 2 heterocycles. The Kier molecular flexibility index (Phi) is 6.51. The number of nitrogens with zero attached hydrogens (tertiary/aromatic N) is 2. The maximum absolute atomic E-state index is 13.2. The Balaban J connectivity index is 1.46. The van der Waals surface area contributed by atoms with Gasteiger partial charge >= 0.3 is 0 Å². The normalized spacial score (nSPS) is 22.4. The van der Waals surface area contributed by atoms with Crippen molar-refractivity contribution in [1.29, 1.82) is 0 Å². The van der Waals surface area contributed by atoms with Crippen LogP contribution in [0.25, 0.3) is 0 Å². The number of hydrogen-bond donors (Lipinski definition) is 0. The van der Waals surface area contributed by atoms with Gasteiger partial charge < -0.3 is 4.74 Å². The van der Waals surface area contributed by atoms with Crippen molar-refractivity contribution in [1.82, 2.24) is 8.61 Å². The first-order chi connectivity index (χ1) is 13.5. The third kappa shape index (κ3) is 4.21. The van der Waals surface area contributed by atoms with E-state index in [1.165, 1.54) is 0 Å². The topological polar surface area (TPSA) is 49.9 Å². The number of rotatable bonds is 4. The van der Waals surface area contributed by atoms with E-state index >= 15 is 0 Å². The van der Waals surface area contributed by atoms with Crippen molar-refractivity contribution < 1.29 is 13.2 Å². The lowest BCUT2D eigenvalue weighted by Gasteiger charge is -2.42. The molecule has 2 saturated heterocycles. The molecule has 1 spiro atoms. The lowest BCUT2D eigenvalue weighted by molar-refractivity contribution is -0.0787. The van der Waals surface area contributed by atoms with E-state index in [1.54, 1.807) is 0 Å². The van der Waals surface area contributed by atoms with Crippen molar-refractivity contribution in [2.45, 2.75) is 28.4 Å². The van der Waals surface area contributed by atoms with Crippen LogP contribution in [0.5, 0.6) is 0 Å². The zero-order chi connectivity index (χ0) is 19.7. The minimum Gasteiger partial charge on any atom is -0.358 e. The Labute approximate surface area is 186 Å². The molecule has 0 aliphatic carbocycles. The molecule has 9 heteroatoms. The molecule has 150 valence electrons. The molecule has 2 aromatic rings. The van der Waals surface area contributed by atoms with Gasteiger partial charge in [0, 0.05) is 41.4 Å². The highest BCUT2D eigenvalue weighted by atomic mass is 79.9. The van der Waals surface area contributed by atoms with Crippen LogP contribution >= 0.6 is 31.9 Å². The van der Waals surface area contributed by atoms with Gasteiger partial charge in [-0.2, -0.15) is 4.31 Å². The zero-order valence-electron chi connectivity index (χ0n) is 15.1. The van der Waals surface area contributed by atoms with Gasteiger partial charge in [0.1, 0.15) is 27.7 Å². The quantitative estimate of drug-likeness (QED) is 0.579. The van der Waals surface area contributed by atoms with E-state index in [2.05, 4.69) is 31.9 Å². The summed E-state index contributed by atoms with van der Waals surface area (Å²) in [5.74, 6) is 0. The molecule has 0 bridgehead atoms. The Hall–Kier alpha value is -0.420. The molecule has 28 heavy (non-hydrogen) atoms. The van der Waals surface area contributed by atoms with E-state index in [0.29, 0.717) is 39.1 Å². The summed E-state index contributed by atoms with van der Waals surface area (Å²) in [6.07, 6.45) is 1.36. The number of benzene rings is 2. The molecular formula is C19H20Br2N2O3S2. The lowest BCUT2D eigenvalue weighted by Crippen LogP contribution is -2.53. The van der Waals surface area contributed by atoms with E-state index in [0.717, 1.165) is 18.7 Å². The Bertz CT molecular complexity index is 885. The van der Waals surface area contributed by atoms with Crippen molar-refractivity contribution in [3.8, 4) is 0 Å². The predicted molar refractivity (Wildman–Crippen MR) is 117 cm³/mol. The summed E-state index contributed by atoms with van der Waals surface area (Å²) < 4.78 is 38.0. The number of hydrogen-bond acceptors (Lipinski definition) is 3. The third-order valence-electron chi connectivity index (χ3n) is 5.09. The van der Waals surface area contributed by atoms with E-state index in [4.69, 9.17) is 4.74 Å². The highest BCUT2D eigenvalue weighted by molar-refractivity contribution is 9.10. The van der Waals surface area contributed by atoms with Gasteiger partial charge in [0.15, 0.2) is 0 Å². The first-order valence-corrected chi connectivity index (χ1v) is 12.8. The molecule has 2 aliphatic heterocycles. The number of halogens is 2. The maximum Gasteiger partial charge on any atom is 0.135 e. The number of piperidine rings is 1. The minimum absolute atomic E-state index is 0.543. The van der Waals surface area contributed by atoms with Crippen molar-refractivity contribution in [2.75, 3.05) is 26.2 Å². The van der Waals surface area contributed by atoms with Gasteiger partial charge in [-0.15, -0.1) is 0 Å². The van der Waals surface area contributed by atoms with E-state index in [1.807, 2.05) is 57.1 Å². The van der Waals surface area contributed by atoms with Crippen LogP contribution in [0.3, 0.4) is 0 Å². The average Bonchev–Trinajstić information content (AvgIpc) is 3.11. The minimum atomic E-state index is -1.28. The molecule has 0 saturated carbocycles. The third-order valence-corrected chi connectivity index (χ3v) is 9.25. The molecule has 2 atom stereocenters. The first kappa shape index (κ1) is 20.8. The van der Waals surface area contributed by atoms with Gasteiger partial charge in [0.05, 0.1) is 16.4 Å². The summed E-state index contributed by atoms with van der Waals surface area (Å²) in [5, 5.41) is 0. The molecule has 0 amide bonds. The van der Waals surface area contributed by atoms with Crippen LogP contribution in [-0.4, -0.2) is 49.0 Å². The fourth-order valence-electron chi connectivity index (χ4n) is 3.60. The molecule has 0 radical (unpaired) electrons. The van der Waals surface area contributed by atoms with Gasteiger partial charge in [-0.3, -0.25) is 0 Å². The second-order valence-corrected chi connectivity index (χ2v) is 11.5. The molecular weight excluding hydrogens is 528 g/mol. The highest BCUT2D eigenvalue weighted by Gasteiger charge is 2.48. The largest absolute Gasteiger partial charge is 0.358 e. The summed E-state index contributed by atoms with van der Waals surface area (Å²) in [6.45, 7) is 2.48. The molecule has 0 N–H and O–H groups in total. The predicted octanol–water partition coefficient (Wildman–Crippen LogP) is 4.08. The zero-order valence-corrected chi connectivity index (χ0v) is 19.9. The van der Waals surface area contributed by atoms with Gasteiger partial charge in [0.25, 0.3) is 0 Å². The van der Waals surface area contributed by atoms with Crippen molar-refractivity contribution in [2.24, 2.45) is 0 Å². The summed E-state index contributed by atoms with van der Waals surface area (Å²) in [6, 6.07) is 15.1. The van der Waals surface area contributed by atoms with Crippen LogP contribution < -0.4 is 0 Å². The van der Waals surface area contributed by atoms with E-state index < -0.39 is 27.7 Å². The SMILES string of the molecule is O=S(c1ccc(Br)cc1)N1CCC2(CC1)OCCN2S(=O)c1ccc(Br)cc1. The highest BCUT2D eigenvalue weighted by Crippen LogP contribution is 2.37. The second-order valence-electron chi connectivity index (χ2n) is 6.73. The molecule has 2 unspecified atom stereocenters. The maximum atomic E-state index is 13.2. The van der Waals surface area contributed by atoms with E-state index in [-0.39, 0.29) is 0 Å². The standard InChI is InChI=1S/C19H20Br2N2O3S2/c20-15-1-5-17(6-2-15)27(24)22-11-9-19(10-12-22)23(13-14-26-19)28(25)18-7-3-16(21)4-8-18/h1-8H,9-14H2. The van der Waals surface area contributed by atoms with Gasteiger partial charge in [-0.25, -0.2) is 12.7 Å². The van der Waals surface area contributed by atoms with E-state index in [9.17, 15) is 8.42 Å². The Morgan fingerprint density at radius 1 is 0.786 bits per heavy atom. The fraction of sp³-hybridized carbons (Fsp3) is 0.368. The van der Waals surface area contributed by atoms with Crippen molar-refractivity contribution >= 4 is 53.8 Å². The van der Waals surface area contributed by atoms with Crippen LogP contribution in [0.4, 0.5) is 0 Å². The molecule has 2 aromatic carbocycles. The van der Waals surface area contributed by atoms with Gasteiger partial charge in [-0.1, -0.05) is 31.9 Å². The molecule has 5 nitrogen and oxygen atoms in total. The molecule has 2 aliphatic rings. The molecule has 2 fully saturated rings. The monoisotopic (exact) mass is 546 g/mol. The Morgan fingerprint density at radius 2 is 1.29 bits per heavy atom. The summed E-state index contributed by atoms with van der Waals surface area (Å²) in [7, 11) is -2.47. The lowest BCUT2D eigenvalue weighted by atomic mass is 10.0. The second kappa shape index (κ2) is 8.75. The first-order valence-electron chi connectivity index (χ1n) is 9.00. The van der Waals surface area contributed by atoms with Crippen LogP contribution in [0.2, 0.25) is 0 Å². The van der Waals surface area contributed by atoms with Crippen LogP contribution in [0, 0.1) is 0 Å². The fourth-order valence-corrected chi connectivity index (χ4v) is 6.71.